The van der Waals surface area contributed by atoms with E-state index < -0.39 is 7.14 Å². The van der Waals surface area contributed by atoms with E-state index in [1.807, 2.05) is 67.6 Å². The van der Waals surface area contributed by atoms with Crippen LogP contribution < -0.4 is 10.6 Å². The third-order valence-corrected chi connectivity index (χ3v) is 7.33. The Morgan fingerprint density at radius 2 is 1.22 bits per heavy atom. The number of carbonyl (C=O) groups excluding carboxylic acids is 1. The van der Waals surface area contributed by atoms with E-state index >= 15 is 0 Å². The molecule has 2 nitrogen and oxygen atoms in total. The lowest BCUT2D eigenvalue weighted by atomic mass is 10.1. The molecule has 0 bridgehead atoms. The van der Waals surface area contributed by atoms with Gasteiger partial charge >= 0.3 is 0 Å². The van der Waals surface area contributed by atoms with E-state index in [1.165, 1.54) is 0 Å². The van der Waals surface area contributed by atoms with Crippen LogP contribution in [0, 0.1) is 6.92 Å². The molecule has 0 aliphatic carbocycles. The Balaban J connectivity index is 1.98. The van der Waals surface area contributed by atoms with Gasteiger partial charge in [0, 0.05) is 16.2 Å². The number of rotatable bonds is 2. The van der Waals surface area contributed by atoms with E-state index in [2.05, 4.69) is 0 Å². The lowest BCUT2D eigenvalue weighted by Gasteiger charge is -2.14. The first-order valence-corrected chi connectivity index (χ1v) is 9.24. The maximum atomic E-state index is 13.9. The number of fused-ring (bicyclic) bond motifs is 3. The molecular weight excluding hydrogens is 303 g/mol. The molecule has 1 heterocycles. The van der Waals surface area contributed by atoms with Gasteiger partial charge in [-0.1, -0.05) is 78.4 Å². The number of hydrogen-bond donors (Lipinski definition) is 0. The van der Waals surface area contributed by atoms with Gasteiger partial charge in [-0.05, 0) is 18.1 Å². The highest BCUT2D eigenvalue weighted by Crippen LogP contribution is 2.54. The van der Waals surface area contributed by atoms with Crippen LogP contribution in [0.5, 0.6) is 0 Å². The van der Waals surface area contributed by atoms with Gasteiger partial charge in [-0.15, -0.1) is 0 Å². The minimum absolute atomic E-state index is 0.282. The van der Waals surface area contributed by atoms with Crippen LogP contribution in [0.25, 0.3) is 11.1 Å². The molecule has 1 aliphatic heterocycles. The van der Waals surface area contributed by atoms with Crippen LogP contribution in [0.2, 0.25) is 0 Å². The molecule has 0 atom stereocenters. The van der Waals surface area contributed by atoms with Crippen molar-refractivity contribution in [2.75, 3.05) is 0 Å². The smallest absolute Gasteiger partial charge is 0.230 e. The van der Waals surface area contributed by atoms with Gasteiger partial charge in [0.2, 0.25) is 12.7 Å². The number of benzene rings is 3. The van der Waals surface area contributed by atoms with Crippen molar-refractivity contribution in [1.29, 1.82) is 0 Å². The zero-order chi connectivity index (χ0) is 16.0. The molecule has 23 heavy (non-hydrogen) atoms. The molecule has 0 unspecified atom stereocenters. The highest BCUT2D eigenvalue weighted by molar-refractivity contribution is 7.94. The third-order valence-electron chi connectivity index (χ3n) is 4.36. The summed E-state index contributed by atoms with van der Waals surface area (Å²) in [5.41, 5.74) is 3.12. The molecule has 0 saturated heterocycles. The van der Waals surface area contributed by atoms with Crippen LogP contribution >= 0.6 is 7.14 Å². The molecular formula is C20H15O2P. The average Bonchev–Trinajstić information content (AvgIpc) is 2.86. The summed E-state index contributed by atoms with van der Waals surface area (Å²) in [5, 5.41) is 1.32. The minimum atomic E-state index is -3.32. The Bertz CT molecular complexity index is 921. The van der Waals surface area contributed by atoms with Gasteiger partial charge in [0.05, 0.1) is 0 Å². The fraction of sp³-hybridized carbons (Fsp3) is 0.0500. The largest absolute Gasteiger partial charge is 0.305 e. The van der Waals surface area contributed by atoms with E-state index in [1.54, 1.807) is 12.1 Å². The summed E-state index contributed by atoms with van der Waals surface area (Å²) in [7, 11) is -3.32. The van der Waals surface area contributed by atoms with Crippen molar-refractivity contribution >= 4 is 23.3 Å². The molecule has 0 saturated carbocycles. The normalized spacial score (nSPS) is 14.1. The van der Waals surface area contributed by atoms with Crippen molar-refractivity contribution in [3.8, 4) is 11.1 Å². The summed E-state index contributed by atoms with van der Waals surface area (Å²) in [6, 6.07) is 22.3. The van der Waals surface area contributed by atoms with Crippen molar-refractivity contribution < 1.29 is 9.36 Å². The summed E-state index contributed by atoms with van der Waals surface area (Å²) in [6.07, 6.45) is 0. The molecule has 1 aliphatic rings. The first kappa shape index (κ1) is 14.2. The zero-order valence-corrected chi connectivity index (χ0v) is 13.6. The molecule has 3 aromatic carbocycles. The minimum Gasteiger partial charge on any atom is -0.305 e. The van der Waals surface area contributed by atoms with Gasteiger partial charge in [0.15, 0.2) is 0 Å². The summed E-state index contributed by atoms with van der Waals surface area (Å²) in [4.78, 5) is 13.1. The lowest BCUT2D eigenvalue weighted by molar-refractivity contribution is 0.107. The monoisotopic (exact) mass is 318 g/mol. The molecule has 0 spiro atoms. The molecule has 3 aromatic rings. The molecule has 112 valence electrons. The second-order valence-corrected chi connectivity index (χ2v) is 8.40. The summed E-state index contributed by atoms with van der Waals surface area (Å²) < 4.78 is 13.9. The second-order valence-electron chi connectivity index (χ2n) is 5.81. The van der Waals surface area contributed by atoms with Crippen LogP contribution in [0.1, 0.15) is 15.9 Å². The van der Waals surface area contributed by atoms with Gasteiger partial charge < -0.3 is 4.57 Å². The molecule has 0 N–H and O–H groups in total. The number of hydrogen-bond acceptors (Lipinski definition) is 2. The predicted octanol–water partition coefficient (Wildman–Crippen LogP) is 4.13. The fourth-order valence-corrected chi connectivity index (χ4v) is 6.05. The van der Waals surface area contributed by atoms with Crippen LogP contribution in [0.4, 0.5) is 0 Å². The van der Waals surface area contributed by atoms with E-state index in [-0.39, 0.29) is 5.52 Å². The van der Waals surface area contributed by atoms with Crippen LogP contribution in [0.3, 0.4) is 0 Å². The summed E-state index contributed by atoms with van der Waals surface area (Å²) in [5.74, 6) is 0. The maximum Gasteiger partial charge on any atom is 0.230 e. The third kappa shape index (κ3) is 1.95. The van der Waals surface area contributed by atoms with Crippen molar-refractivity contribution in [2.45, 2.75) is 6.92 Å². The van der Waals surface area contributed by atoms with Crippen molar-refractivity contribution in [2.24, 2.45) is 0 Å². The number of aryl methyl sites for hydroxylation is 1. The quantitative estimate of drug-likeness (QED) is 0.666. The first-order valence-electron chi connectivity index (χ1n) is 7.53. The highest BCUT2D eigenvalue weighted by atomic mass is 31.2. The molecule has 0 amide bonds. The first-order chi connectivity index (χ1) is 11.1. The Kier molecular flexibility index (Phi) is 3.11. The molecule has 0 aromatic heterocycles. The van der Waals surface area contributed by atoms with Gasteiger partial charge in [0.25, 0.3) is 0 Å². The second kappa shape index (κ2) is 5.04. The Morgan fingerprint density at radius 3 is 1.74 bits per heavy atom. The van der Waals surface area contributed by atoms with Crippen LogP contribution in [-0.4, -0.2) is 5.52 Å². The zero-order valence-electron chi connectivity index (χ0n) is 12.7. The summed E-state index contributed by atoms with van der Waals surface area (Å²) in [6.45, 7) is 1.97. The maximum absolute atomic E-state index is 13.9. The SMILES string of the molecule is Cc1ccc(C(=O)P2(=O)c3ccccc3-c3ccccc32)cc1. The van der Waals surface area contributed by atoms with E-state index in [0.717, 1.165) is 16.7 Å². The molecule has 0 fully saturated rings. The van der Waals surface area contributed by atoms with Crippen molar-refractivity contribution in [1.82, 2.24) is 0 Å². The standard InChI is InChI=1S/C20H15O2P/c1-14-10-12-15(13-11-14)20(21)23(22)18-8-4-2-6-16(18)17-7-3-5-9-19(17)23/h2-13H,1H3. The fourth-order valence-electron chi connectivity index (χ4n) is 3.18. The van der Waals surface area contributed by atoms with E-state index in [0.29, 0.717) is 16.2 Å². The Morgan fingerprint density at radius 1 is 0.739 bits per heavy atom. The predicted molar refractivity (Wildman–Crippen MR) is 94.3 cm³/mol. The molecule has 0 radical (unpaired) electrons. The van der Waals surface area contributed by atoms with Gasteiger partial charge in [-0.3, -0.25) is 4.79 Å². The van der Waals surface area contributed by atoms with Gasteiger partial charge in [-0.2, -0.15) is 0 Å². The molecule has 4 rings (SSSR count). The topological polar surface area (TPSA) is 34.1 Å². The Labute approximate surface area is 135 Å². The lowest BCUT2D eigenvalue weighted by Crippen LogP contribution is -2.18. The number of carbonyl (C=O) groups is 1. The van der Waals surface area contributed by atoms with Crippen molar-refractivity contribution in [3.05, 3.63) is 83.9 Å². The molecule has 3 heteroatoms. The van der Waals surface area contributed by atoms with E-state index in [9.17, 15) is 9.36 Å². The van der Waals surface area contributed by atoms with Gasteiger partial charge in [-0.25, -0.2) is 0 Å². The Hall–Kier alpha value is -2.44. The van der Waals surface area contributed by atoms with Crippen LogP contribution in [0.15, 0.2) is 72.8 Å². The van der Waals surface area contributed by atoms with Crippen molar-refractivity contribution in [3.63, 3.8) is 0 Å². The van der Waals surface area contributed by atoms with Gasteiger partial charge in [0.1, 0.15) is 0 Å². The highest BCUT2D eigenvalue weighted by Gasteiger charge is 2.44. The average molecular weight is 318 g/mol. The van der Waals surface area contributed by atoms with Crippen LogP contribution in [-0.2, 0) is 4.57 Å². The van der Waals surface area contributed by atoms with E-state index in [4.69, 9.17) is 0 Å². The summed E-state index contributed by atoms with van der Waals surface area (Å²) >= 11 is 0.